The van der Waals surface area contributed by atoms with E-state index in [1.54, 1.807) is 0 Å². The summed E-state index contributed by atoms with van der Waals surface area (Å²) < 4.78 is 4.66. The van der Waals surface area contributed by atoms with Crippen LogP contribution in [0.25, 0.3) is 0 Å². The van der Waals surface area contributed by atoms with Crippen LogP contribution in [0.15, 0.2) is 0 Å². The van der Waals surface area contributed by atoms with Gasteiger partial charge < -0.3 is 15.4 Å². The van der Waals surface area contributed by atoms with Crippen LogP contribution in [-0.2, 0) is 9.53 Å². The molecular formula is C12H22N2O2. The fraction of sp³-hybridized carbons (Fsp3) is 0.917. The van der Waals surface area contributed by atoms with Gasteiger partial charge in [-0.2, -0.15) is 0 Å². The normalized spacial score (nSPS) is 34.8. The van der Waals surface area contributed by atoms with Crippen LogP contribution in [0.1, 0.15) is 25.7 Å². The van der Waals surface area contributed by atoms with Crippen LogP contribution in [0.5, 0.6) is 0 Å². The van der Waals surface area contributed by atoms with E-state index < -0.39 is 0 Å². The summed E-state index contributed by atoms with van der Waals surface area (Å²) >= 11 is 0. The Morgan fingerprint density at radius 2 is 2.25 bits per heavy atom. The molecule has 0 aromatic heterocycles. The Morgan fingerprint density at radius 3 is 2.94 bits per heavy atom. The van der Waals surface area contributed by atoms with Gasteiger partial charge in [-0.15, -0.1) is 0 Å². The van der Waals surface area contributed by atoms with Gasteiger partial charge in [0.25, 0.3) is 0 Å². The highest BCUT2D eigenvalue weighted by Crippen LogP contribution is 2.35. The van der Waals surface area contributed by atoms with Crippen LogP contribution >= 0.6 is 0 Å². The lowest BCUT2D eigenvalue weighted by Crippen LogP contribution is -2.38. The van der Waals surface area contributed by atoms with Crippen molar-refractivity contribution in [1.82, 2.24) is 4.90 Å². The van der Waals surface area contributed by atoms with E-state index >= 15 is 0 Å². The summed E-state index contributed by atoms with van der Waals surface area (Å²) in [5, 5.41) is 0. The van der Waals surface area contributed by atoms with E-state index in [-0.39, 0.29) is 5.97 Å². The second-order valence-electron chi connectivity index (χ2n) is 5.10. The second kappa shape index (κ2) is 5.15. The lowest BCUT2D eigenvalue weighted by molar-refractivity contribution is -0.140. The minimum atomic E-state index is -0.112. The van der Waals surface area contributed by atoms with Gasteiger partial charge in [-0.3, -0.25) is 4.79 Å². The third-order valence-electron chi connectivity index (χ3n) is 4.09. The van der Waals surface area contributed by atoms with Gasteiger partial charge in [0, 0.05) is 25.7 Å². The molecule has 3 unspecified atom stereocenters. The molecule has 1 aliphatic heterocycles. The predicted molar refractivity (Wildman–Crippen MR) is 61.9 cm³/mol. The number of rotatable bonds is 3. The molecule has 0 radical (unpaired) electrons. The standard InChI is InChI=1S/C12H22N2O2/c1-16-12(15)5-6-14-7-9-3-2-4-11(13)10(9)8-14/h9-11H,2-8,13H2,1H3. The van der Waals surface area contributed by atoms with E-state index in [2.05, 4.69) is 9.64 Å². The van der Waals surface area contributed by atoms with Crippen molar-refractivity contribution in [3.63, 3.8) is 0 Å². The number of hydrogen-bond acceptors (Lipinski definition) is 4. The maximum Gasteiger partial charge on any atom is 0.306 e. The topological polar surface area (TPSA) is 55.6 Å². The van der Waals surface area contributed by atoms with Crippen molar-refractivity contribution in [2.24, 2.45) is 17.6 Å². The second-order valence-corrected chi connectivity index (χ2v) is 5.10. The van der Waals surface area contributed by atoms with Gasteiger partial charge in [0.05, 0.1) is 13.5 Å². The lowest BCUT2D eigenvalue weighted by atomic mass is 9.78. The maximum atomic E-state index is 11.1. The number of esters is 1. The Morgan fingerprint density at radius 1 is 1.44 bits per heavy atom. The first-order valence-electron chi connectivity index (χ1n) is 6.25. The highest BCUT2D eigenvalue weighted by Gasteiger charge is 2.38. The van der Waals surface area contributed by atoms with Crippen molar-refractivity contribution in [3.05, 3.63) is 0 Å². The minimum absolute atomic E-state index is 0.112. The average molecular weight is 226 g/mol. The lowest BCUT2D eigenvalue weighted by Gasteiger charge is -2.29. The van der Waals surface area contributed by atoms with Gasteiger partial charge >= 0.3 is 5.97 Å². The van der Waals surface area contributed by atoms with E-state index in [0.29, 0.717) is 18.4 Å². The van der Waals surface area contributed by atoms with Crippen LogP contribution < -0.4 is 5.73 Å². The van der Waals surface area contributed by atoms with E-state index in [1.165, 1.54) is 26.4 Å². The molecule has 0 spiro atoms. The van der Waals surface area contributed by atoms with Gasteiger partial charge in [0.1, 0.15) is 0 Å². The first-order chi connectivity index (χ1) is 7.70. The fourth-order valence-corrected chi connectivity index (χ4v) is 3.14. The van der Waals surface area contributed by atoms with Crippen molar-refractivity contribution >= 4 is 5.97 Å². The Balaban J connectivity index is 1.80. The molecule has 1 saturated carbocycles. The molecule has 4 heteroatoms. The highest BCUT2D eigenvalue weighted by atomic mass is 16.5. The fourth-order valence-electron chi connectivity index (χ4n) is 3.14. The molecule has 1 aliphatic carbocycles. The third-order valence-corrected chi connectivity index (χ3v) is 4.09. The number of methoxy groups -OCH3 is 1. The summed E-state index contributed by atoms with van der Waals surface area (Å²) in [5.74, 6) is 1.31. The molecule has 0 amide bonds. The predicted octanol–water partition coefficient (Wildman–Crippen LogP) is 0.609. The summed E-state index contributed by atoms with van der Waals surface area (Å²) in [4.78, 5) is 13.4. The first kappa shape index (κ1) is 11.9. The molecule has 3 atom stereocenters. The Kier molecular flexibility index (Phi) is 3.82. The Bertz CT molecular complexity index is 257. The number of fused-ring (bicyclic) bond motifs is 1. The number of nitrogens with two attached hydrogens (primary N) is 1. The molecule has 92 valence electrons. The summed E-state index contributed by atoms with van der Waals surface area (Å²) in [5.41, 5.74) is 6.15. The third kappa shape index (κ3) is 2.55. The monoisotopic (exact) mass is 226 g/mol. The quantitative estimate of drug-likeness (QED) is 0.716. The number of likely N-dealkylation sites (tertiary alicyclic amines) is 1. The zero-order valence-electron chi connectivity index (χ0n) is 10.0. The van der Waals surface area contributed by atoms with Crippen molar-refractivity contribution in [2.75, 3.05) is 26.7 Å². The summed E-state index contributed by atoms with van der Waals surface area (Å²) in [7, 11) is 1.45. The van der Waals surface area contributed by atoms with Crippen molar-refractivity contribution in [2.45, 2.75) is 31.7 Å². The minimum Gasteiger partial charge on any atom is -0.469 e. The van der Waals surface area contributed by atoms with Gasteiger partial charge in [-0.25, -0.2) is 0 Å². The zero-order chi connectivity index (χ0) is 11.5. The van der Waals surface area contributed by atoms with Gasteiger partial charge in [0.15, 0.2) is 0 Å². The van der Waals surface area contributed by atoms with Crippen LogP contribution in [-0.4, -0.2) is 43.7 Å². The van der Waals surface area contributed by atoms with E-state index in [9.17, 15) is 4.79 Å². The van der Waals surface area contributed by atoms with Gasteiger partial charge in [-0.05, 0) is 24.7 Å². The van der Waals surface area contributed by atoms with E-state index in [0.717, 1.165) is 25.6 Å². The van der Waals surface area contributed by atoms with Crippen LogP contribution in [0, 0.1) is 11.8 Å². The average Bonchev–Trinajstić information content (AvgIpc) is 2.70. The molecule has 16 heavy (non-hydrogen) atoms. The molecule has 1 saturated heterocycles. The molecule has 2 N–H and O–H groups in total. The smallest absolute Gasteiger partial charge is 0.306 e. The molecular weight excluding hydrogens is 204 g/mol. The van der Waals surface area contributed by atoms with Crippen LogP contribution in [0.4, 0.5) is 0 Å². The summed E-state index contributed by atoms with van der Waals surface area (Å²) in [6.45, 7) is 3.02. The van der Waals surface area contributed by atoms with E-state index in [4.69, 9.17) is 5.73 Å². The zero-order valence-corrected chi connectivity index (χ0v) is 10.0. The molecule has 2 aliphatic rings. The van der Waals surface area contributed by atoms with Crippen molar-refractivity contribution in [3.8, 4) is 0 Å². The van der Waals surface area contributed by atoms with Crippen LogP contribution in [0.2, 0.25) is 0 Å². The number of hydrogen-bond donors (Lipinski definition) is 1. The molecule has 2 rings (SSSR count). The molecule has 1 heterocycles. The Labute approximate surface area is 97.1 Å². The number of ether oxygens (including phenoxy) is 1. The number of nitrogens with zero attached hydrogens (tertiary/aromatic N) is 1. The first-order valence-corrected chi connectivity index (χ1v) is 6.25. The van der Waals surface area contributed by atoms with Crippen molar-refractivity contribution in [1.29, 1.82) is 0 Å². The maximum absolute atomic E-state index is 11.1. The highest BCUT2D eigenvalue weighted by molar-refractivity contribution is 5.69. The molecule has 2 fully saturated rings. The molecule has 4 nitrogen and oxygen atoms in total. The van der Waals surface area contributed by atoms with Crippen LogP contribution in [0.3, 0.4) is 0 Å². The van der Waals surface area contributed by atoms with Gasteiger partial charge in [0.2, 0.25) is 0 Å². The largest absolute Gasteiger partial charge is 0.469 e. The number of carbonyl (C=O) groups is 1. The molecule has 0 bridgehead atoms. The Hall–Kier alpha value is -0.610. The SMILES string of the molecule is COC(=O)CCN1CC2CCCC(N)C2C1. The number of carbonyl (C=O) groups excluding carboxylic acids is 1. The summed E-state index contributed by atoms with van der Waals surface area (Å²) in [6, 6.07) is 0.377. The summed E-state index contributed by atoms with van der Waals surface area (Å²) in [6.07, 6.45) is 4.26. The van der Waals surface area contributed by atoms with Gasteiger partial charge in [-0.1, -0.05) is 6.42 Å². The van der Waals surface area contributed by atoms with E-state index in [1.807, 2.05) is 0 Å². The molecule has 0 aromatic carbocycles. The van der Waals surface area contributed by atoms with Crippen molar-refractivity contribution < 1.29 is 9.53 Å². The molecule has 0 aromatic rings.